The van der Waals surface area contributed by atoms with Crippen LogP contribution in [0.2, 0.25) is 0 Å². The third-order valence-electron chi connectivity index (χ3n) is 0.926. The highest BCUT2D eigenvalue weighted by Crippen LogP contribution is 1.95. The molecular weight excluding hydrogens is 158 g/mol. The van der Waals surface area contributed by atoms with Crippen LogP contribution < -0.4 is 5.73 Å². The zero-order chi connectivity index (χ0) is 8.36. The minimum absolute atomic E-state index is 0.543. The Hall–Kier alpha value is -0.620. The zero-order valence-corrected chi connectivity index (χ0v) is 6.26. The summed E-state index contributed by atoms with van der Waals surface area (Å²) in [7, 11) is -3.40. The van der Waals surface area contributed by atoms with Crippen molar-refractivity contribution in [2.24, 2.45) is 5.73 Å². The van der Waals surface area contributed by atoms with Gasteiger partial charge in [-0.1, -0.05) is 0 Å². The summed E-state index contributed by atoms with van der Waals surface area (Å²) in [5.41, 5.74) is 4.98. The van der Waals surface area contributed by atoms with E-state index < -0.39 is 27.6 Å². The summed E-state index contributed by atoms with van der Waals surface area (Å²) in [5, 5.41) is 6.82. The molecule has 0 rings (SSSR count). The average molecular weight is 167 g/mol. The molecule has 0 amide bonds. The van der Waals surface area contributed by atoms with E-state index in [1.807, 2.05) is 0 Å². The van der Waals surface area contributed by atoms with E-state index >= 15 is 0 Å². The Balaban J connectivity index is 4.12. The van der Waals surface area contributed by atoms with Crippen molar-refractivity contribution in [3.05, 3.63) is 0 Å². The van der Waals surface area contributed by atoms with Crippen LogP contribution in [0.5, 0.6) is 0 Å². The molecule has 0 aliphatic rings. The second kappa shape index (κ2) is 2.98. The standard InChI is InChI=1S/C4H9NO4S/c1-10(8,9)3(5)2-4(6)7/h3H,2,5H2,1H3,(H,6,7). The fraction of sp³-hybridized carbons (Fsp3) is 0.750. The van der Waals surface area contributed by atoms with E-state index in [1.54, 1.807) is 0 Å². The first-order valence-electron chi connectivity index (χ1n) is 2.50. The number of hydrogen-bond acceptors (Lipinski definition) is 4. The van der Waals surface area contributed by atoms with Crippen molar-refractivity contribution in [2.45, 2.75) is 11.8 Å². The minimum atomic E-state index is -3.40. The SMILES string of the molecule is CS(=O)(=O)C(N)CC(=O)O. The van der Waals surface area contributed by atoms with Crippen molar-refractivity contribution in [1.29, 1.82) is 0 Å². The minimum Gasteiger partial charge on any atom is -0.481 e. The third-order valence-corrected chi connectivity index (χ3v) is 2.19. The molecule has 0 aromatic rings. The highest BCUT2D eigenvalue weighted by Gasteiger charge is 2.18. The van der Waals surface area contributed by atoms with Crippen LogP contribution in [-0.4, -0.2) is 31.1 Å². The van der Waals surface area contributed by atoms with Gasteiger partial charge in [0, 0.05) is 6.26 Å². The Morgan fingerprint density at radius 1 is 1.70 bits per heavy atom. The molecule has 0 fully saturated rings. The summed E-state index contributed by atoms with van der Waals surface area (Å²) in [5.74, 6) is -1.21. The van der Waals surface area contributed by atoms with E-state index in [1.165, 1.54) is 0 Å². The Bertz CT molecular complexity index is 219. The van der Waals surface area contributed by atoms with Gasteiger partial charge in [0.25, 0.3) is 0 Å². The molecule has 1 atom stereocenters. The molecule has 1 unspecified atom stereocenters. The summed E-state index contributed by atoms with van der Waals surface area (Å²) in [4.78, 5) is 9.91. The van der Waals surface area contributed by atoms with Crippen LogP contribution >= 0.6 is 0 Å². The van der Waals surface area contributed by atoms with Crippen molar-refractivity contribution in [3.8, 4) is 0 Å². The van der Waals surface area contributed by atoms with Gasteiger partial charge in [-0.3, -0.25) is 4.79 Å². The van der Waals surface area contributed by atoms with E-state index in [9.17, 15) is 13.2 Å². The first kappa shape index (κ1) is 9.38. The second-order valence-corrected chi connectivity index (χ2v) is 4.23. The number of carboxylic acid groups (broad SMARTS) is 1. The number of sulfone groups is 1. The summed E-state index contributed by atoms with van der Waals surface area (Å²) in [6, 6.07) is 0. The topological polar surface area (TPSA) is 97.5 Å². The molecule has 0 aromatic carbocycles. The van der Waals surface area contributed by atoms with Crippen LogP contribution in [0, 0.1) is 0 Å². The van der Waals surface area contributed by atoms with E-state index in [4.69, 9.17) is 10.8 Å². The highest BCUT2D eigenvalue weighted by atomic mass is 32.2. The molecule has 0 saturated heterocycles. The number of hydrogen-bond donors (Lipinski definition) is 2. The van der Waals surface area contributed by atoms with Gasteiger partial charge in [-0.05, 0) is 0 Å². The number of nitrogens with two attached hydrogens (primary N) is 1. The Labute approximate surface area is 58.8 Å². The maximum absolute atomic E-state index is 10.5. The zero-order valence-electron chi connectivity index (χ0n) is 5.44. The summed E-state index contributed by atoms with van der Waals surface area (Å²) < 4.78 is 21.0. The molecule has 0 aromatic heterocycles. The van der Waals surface area contributed by atoms with Gasteiger partial charge in [-0.2, -0.15) is 0 Å². The molecule has 60 valence electrons. The monoisotopic (exact) mass is 167 g/mol. The van der Waals surface area contributed by atoms with Crippen molar-refractivity contribution in [3.63, 3.8) is 0 Å². The molecule has 0 heterocycles. The average Bonchev–Trinajstić information content (AvgIpc) is 1.60. The molecule has 6 heteroatoms. The van der Waals surface area contributed by atoms with E-state index in [-0.39, 0.29) is 0 Å². The number of carbonyl (C=O) groups is 1. The summed E-state index contributed by atoms with van der Waals surface area (Å²) in [6.07, 6.45) is 0.361. The van der Waals surface area contributed by atoms with Crippen molar-refractivity contribution in [2.75, 3.05) is 6.26 Å². The molecule has 3 N–H and O–H groups in total. The lowest BCUT2D eigenvalue weighted by Crippen LogP contribution is -2.31. The fourth-order valence-corrected chi connectivity index (χ4v) is 0.769. The van der Waals surface area contributed by atoms with Crippen LogP contribution in [0.1, 0.15) is 6.42 Å². The molecule has 0 aliphatic carbocycles. The van der Waals surface area contributed by atoms with Crippen LogP contribution in [-0.2, 0) is 14.6 Å². The van der Waals surface area contributed by atoms with E-state index in [0.29, 0.717) is 0 Å². The lowest BCUT2D eigenvalue weighted by Gasteiger charge is -2.03. The normalized spacial score (nSPS) is 14.6. The fourth-order valence-electron chi connectivity index (χ4n) is 0.323. The predicted molar refractivity (Wildman–Crippen MR) is 35.1 cm³/mol. The maximum atomic E-state index is 10.5. The number of aliphatic carboxylic acids is 1. The van der Waals surface area contributed by atoms with Gasteiger partial charge in [0.05, 0.1) is 6.42 Å². The van der Waals surface area contributed by atoms with Crippen molar-refractivity contribution >= 4 is 15.8 Å². The first-order valence-corrected chi connectivity index (χ1v) is 4.45. The lowest BCUT2D eigenvalue weighted by molar-refractivity contribution is -0.137. The Morgan fingerprint density at radius 3 is 2.20 bits per heavy atom. The van der Waals surface area contributed by atoms with Gasteiger partial charge >= 0.3 is 5.97 Å². The molecule has 0 saturated carbocycles. The maximum Gasteiger partial charge on any atom is 0.305 e. The second-order valence-electron chi connectivity index (χ2n) is 1.97. The summed E-state index contributed by atoms with van der Waals surface area (Å²) in [6.45, 7) is 0. The molecule has 5 nitrogen and oxygen atoms in total. The quantitative estimate of drug-likeness (QED) is 0.549. The molecular formula is C4H9NO4S. The van der Waals surface area contributed by atoms with Crippen molar-refractivity contribution < 1.29 is 18.3 Å². The third kappa shape index (κ3) is 3.41. The number of rotatable bonds is 3. The Morgan fingerprint density at radius 2 is 2.10 bits per heavy atom. The van der Waals surface area contributed by atoms with Crippen LogP contribution in [0.25, 0.3) is 0 Å². The summed E-state index contributed by atoms with van der Waals surface area (Å²) >= 11 is 0. The van der Waals surface area contributed by atoms with E-state index in [0.717, 1.165) is 6.26 Å². The highest BCUT2D eigenvalue weighted by molar-refractivity contribution is 7.91. The predicted octanol–water partition coefficient (Wildman–Crippen LogP) is -1.21. The van der Waals surface area contributed by atoms with Gasteiger partial charge in [0.1, 0.15) is 5.37 Å². The molecule has 0 aliphatic heterocycles. The van der Waals surface area contributed by atoms with Crippen molar-refractivity contribution in [1.82, 2.24) is 0 Å². The molecule has 10 heavy (non-hydrogen) atoms. The van der Waals surface area contributed by atoms with Gasteiger partial charge in [0.2, 0.25) is 0 Å². The number of carboxylic acids is 1. The van der Waals surface area contributed by atoms with Gasteiger partial charge < -0.3 is 10.8 Å². The molecule has 0 bridgehead atoms. The van der Waals surface area contributed by atoms with Gasteiger partial charge in [-0.15, -0.1) is 0 Å². The van der Waals surface area contributed by atoms with Gasteiger partial charge in [-0.25, -0.2) is 8.42 Å². The Kier molecular flexibility index (Phi) is 2.79. The molecule has 0 spiro atoms. The van der Waals surface area contributed by atoms with Crippen LogP contribution in [0.3, 0.4) is 0 Å². The van der Waals surface area contributed by atoms with Gasteiger partial charge in [0.15, 0.2) is 9.84 Å². The van der Waals surface area contributed by atoms with E-state index in [2.05, 4.69) is 0 Å². The first-order chi connectivity index (χ1) is 4.34. The molecule has 0 radical (unpaired) electrons. The largest absolute Gasteiger partial charge is 0.481 e. The lowest BCUT2D eigenvalue weighted by atomic mass is 10.4. The van der Waals surface area contributed by atoms with Crippen LogP contribution in [0.15, 0.2) is 0 Å². The smallest absolute Gasteiger partial charge is 0.305 e. The van der Waals surface area contributed by atoms with Crippen LogP contribution in [0.4, 0.5) is 0 Å².